The first-order valence-electron chi connectivity index (χ1n) is 5.38. The monoisotopic (exact) mass is 257 g/mol. The fraction of sp³-hybridized carbons (Fsp3) is 0.545. The highest BCUT2D eigenvalue weighted by Gasteiger charge is 2.21. The molecule has 0 bridgehead atoms. The zero-order valence-electron chi connectivity index (χ0n) is 9.32. The predicted molar refractivity (Wildman–Crippen MR) is 71.3 cm³/mol. The molecule has 1 aliphatic rings. The number of aromatic nitrogens is 1. The zero-order chi connectivity index (χ0) is 11.5. The molecule has 0 aliphatic carbocycles. The minimum absolute atomic E-state index is 0.389. The van der Waals surface area contributed by atoms with Crippen LogP contribution in [0.4, 0.5) is 5.82 Å². The molecule has 16 heavy (non-hydrogen) atoms. The molecule has 1 atom stereocenters. The molecule has 1 aromatic rings. The van der Waals surface area contributed by atoms with E-state index in [0.29, 0.717) is 17.6 Å². The number of hydrogen-bond acceptors (Lipinski definition) is 4. The van der Waals surface area contributed by atoms with E-state index in [2.05, 4.69) is 16.9 Å². The second-order valence-electron chi connectivity index (χ2n) is 3.93. The van der Waals surface area contributed by atoms with Crippen molar-refractivity contribution < 1.29 is 0 Å². The number of nitrogens with zero attached hydrogens (tertiary/aromatic N) is 2. The third-order valence-corrected chi connectivity index (χ3v) is 4.40. The molecular formula is C11H16ClN3S. The van der Waals surface area contributed by atoms with Gasteiger partial charge in [-0.25, -0.2) is 4.98 Å². The Bertz CT molecular complexity index is 366. The number of thioether (sulfide) groups is 1. The van der Waals surface area contributed by atoms with Crippen LogP contribution >= 0.6 is 23.4 Å². The number of anilines is 1. The van der Waals surface area contributed by atoms with Crippen molar-refractivity contribution in [3.05, 3.63) is 22.8 Å². The molecule has 0 spiro atoms. The Labute approximate surface area is 105 Å². The Morgan fingerprint density at radius 1 is 1.62 bits per heavy atom. The third kappa shape index (κ3) is 2.44. The van der Waals surface area contributed by atoms with Crippen molar-refractivity contribution in [3.8, 4) is 0 Å². The Morgan fingerprint density at radius 2 is 2.44 bits per heavy atom. The topological polar surface area (TPSA) is 42.1 Å². The number of halogens is 1. The molecule has 1 saturated heterocycles. The Hall–Kier alpha value is -0.450. The molecule has 0 aromatic carbocycles. The summed E-state index contributed by atoms with van der Waals surface area (Å²) < 4.78 is 0. The molecule has 0 radical (unpaired) electrons. The lowest BCUT2D eigenvalue weighted by molar-refractivity contribution is 0.689. The maximum absolute atomic E-state index is 6.00. The first-order chi connectivity index (χ1) is 7.72. The highest BCUT2D eigenvalue weighted by molar-refractivity contribution is 7.99. The van der Waals surface area contributed by atoms with Crippen LogP contribution in [-0.4, -0.2) is 29.6 Å². The van der Waals surface area contributed by atoms with Crippen molar-refractivity contribution in [3.63, 3.8) is 0 Å². The van der Waals surface area contributed by atoms with Gasteiger partial charge in [0.05, 0.1) is 10.7 Å². The van der Waals surface area contributed by atoms with Crippen LogP contribution in [-0.2, 0) is 6.54 Å². The van der Waals surface area contributed by atoms with E-state index in [1.54, 1.807) is 0 Å². The van der Waals surface area contributed by atoms with Crippen molar-refractivity contribution in [2.45, 2.75) is 19.0 Å². The van der Waals surface area contributed by atoms with E-state index in [1.165, 1.54) is 17.9 Å². The average molecular weight is 258 g/mol. The minimum Gasteiger partial charge on any atom is -0.356 e. The number of rotatable bonds is 3. The van der Waals surface area contributed by atoms with Crippen molar-refractivity contribution >= 4 is 29.2 Å². The summed E-state index contributed by atoms with van der Waals surface area (Å²) in [6.07, 6.45) is 1.23. The maximum Gasteiger partial charge on any atom is 0.128 e. The summed E-state index contributed by atoms with van der Waals surface area (Å²) >= 11 is 7.99. The highest BCUT2D eigenvalue weighted by atomic mass is 35.5. The van der Waals surface area contributed by atoms with E-state index in [0.717, 1.165) is 11.5 Å². The van der Waals surface area contributed by atoms with Crippen molar-refractivity contribution in [2.24, 2.45) is 5.73 Å². The smallest absolute Gasteiger partial charge is 0.128 e. The van der Waals surface area contributed by atoms with Gasteiger partial charge in [0, 0.05) is 25.4 Å². The van der Waals surface area contributed by atoms with Gasteiger partial charge < -0.3 is 10.6 Å². The molecule has 3 nitrogen and oxygen atoms in total. The number of hydrogen-bond donors (Lipinski definition) is 1. The number of pyridine rings is 1. The second kappa shape index (κ2) is 5.25. The quantitative estimate of drug-likeness (QED) is 0.901. The van der Waals surface area contributed by atoms with Gasteiger partial charge in [-0.05, 0) is 24.3 Å². The first kappa shape index (κ1) is 12.0. The van der Waals surface area contributed by atoms with E-state index in [1.807, 2.05) is 23.9 Å². The van der Waals surface area contributed by atoms with Gasteiger partial charge in [0.15, 0.2) is 0 Å². The lowest BCUT2D eigenvalue weighted by Gasteiger charge is -2.25. The highest BCUT2D eigenvalue weighted by Crippen LogP contribution is 2.26. The molecule has 0 saturated carbocycles. The molecule has 1 aromatic heterocycles. The van der Waals surface area contributed by atoms with E-state index in [4.69, 9.17) is 17.3 Å². The standard InChI is InChI=1S/C11H16ClN3S/c1-15(8-4-5-16-7-8)11-3-2-9(12)10(6-13)14-11/h2-3,8H,4-7,13H2,1H3. The Balaban J connectivity index is 2.19. The van der Waals surface area contributed by atoms with Gasteiger partial charge in [-0.15, -0.1) is 0 Å². The van der Waals surface area contributed by atoms with E-state index in [9.17, 15) is 0 Å². The largest absolute Gasteiger partial charge is 0.356 e. The first-order valence-corrected chi connectivity index (χ1v) is 6.91. The summed E-state index contributed by atoms with van der Waals surface area (Å²) in [4.78, 5) is 6.73. The van der Waals surface area contributed by atoms with Crippen molar-refractivity contribution in [1.82, 2.24) is 4.98 Å². The summed E-state index contributed by atoms with van der Waals surface area (Å²) in [5, 5.41) is 0.653. The zero-order valence-corrected chi connectivity index (χ0v) is 10.9. The molecule has 1 fully saturated rings. The van der Waals surface area contributed by atoms with Crippen LogP contribution in [0.25, 0.3) is 0 Å². The van der Waals surface area contributed by atoms with Crippen LogP contribution in [0.1, 0.15) is 12.1 Å². The fourth-order valence-electron chi connectivity index (χ4n) is 1.83. The molecule has 88 valence electrons. The summed E-state index contributed by atoms with van der Waals surface area (Å²) in [6.45, 7) is 0.389. The van der Waals surface area contributed by atoms with Crippen LogP contribution in [0.15, 0.2) is 12.1 Å². The van der Waals surface area contributed by atoms with Crippen molar-refractivity contribution in [2.75, 3.05) is 23.5 Å². The molecule has 0 amide bonds. The molecule has 1 unspecified atom stereocenters. The lowest BCUT2D eigenvalue weighted by atomic mass is 10.2. The predicted octanol–water partition coefficient (Wildman–Crippen LogP) is 2.14. The van der Waals surface area contributed by atoms with Crippen LogP contribution in [0.5, 0.6) is 0 Å². The summed E-state index contributed by atoms with van der Waals surface area (Å²) in [5.41, 5.74) is 6.38. The van der Waals surface area contributed by atoms with Gasteiger partial charge in [0.2, 0.25) is 0 Å². The fourth-order valence-corrected chi connectivity index (χ4v) is 3.28. The van der Waals surface area contributed by atoms with E-state index in [-0.39, 0.29) is 0 Å². The minimum atomic E-state index is 0.389. The average Bonchev–Trinajstić information content (AvgIpc) is 2.82. The molecule has 5 heteroatoms. The van der Waals surface area contributed by atoms with Gasteiger partial charge >= 0.3 is 0 Å². The Kier molecular flexibility index (Phi) is 3.95. The summed E-state index contributed by atoms with van der Waals surface area (Å²) in [5.74, 6) is 3.39. The van der Waals surface area contributed by atoms with Crippen LogP contribution < -0.4 is 10.6 Å². The summed E-state index contributed by atoms with van der Waals surface area (Å²) in [6, 6.07) is 4.43. The van der Waals surface area contributed by atoms with Crippen LogP contribution in [0, 0.1) is 0 Å². The van der Waals surface area contributed by atoms with Gasteiger partial charge in [-0.3, -0.25) is 0 Å². The van der Waals surface area contributed by atoms with Crippen LogP contribution in [0.3, 0.4) is 0 Å². The van der Waals surface area contributed by atoms with Gasteiger partial charge in [-0.1, -0.05) is 11.6 Å². The number of nitrogens with two attached hydrogens (primary N) is 1. The maximum atomic E-state index is 6.00. The normalized spacial score (nSPS) is 20.1. The molecule has 2 heterocycles. The molecule has 2 N–H and O–H groups in total. The van der Waals surface area contributed by atoms with Gasteiger partial charge in [0.25, 0.3) is 0 Å². The van der Waals surface area contributed by atoms with E-state index >= 15 is 0 Å². The molecule has 2 rings (SSSR count). The van der Waals surface area contributed by atoms with Crippen LogP contribution in [0.2, 0.25) is 5.02 Å². The van der Waals surface area contributed by atoms with Gasteiger partial charge in [0.1, 0.15) is 5.82 Å². The van der Waals surface area contributed by atoms with Gasteiger partial charge in [-0.2, -0.15) is 11.8 Å². The van der Waals surface area contributed by atoms with Crippen molar-refractivity contribution in [1.29, 1.82) is 0 Å². The molecular weight excluding hydrogens is 242 g/mol. The van der Waals surface area contributed by atoms with E-state index < -0.39 is 0 Å². The summed E-state index contributed by atoms with van der Waals surface area (Å²) in [7, 11) is 2.09. The third-order valence-electron chi connectivity index (χ3n) is 2.91. The SMILES string of the molecule is CN(c1ccc(Cl)c(CN)n1)C1CCSC1. The Morgan fingerprint density at radius 3 is 3.06 bits per heavy atom. The second-order valence-corrected chi connectivity index (χ2v) is 5.49. The lowest BCUT2D eigenvalue weighted by Crippen LogP contribution is -2.32. The molecule has 1 aliphatic heterocycles.